The molecule has 1 atom stereocenters. The van der Waals surface area contributed by atoms with Crippen molar-refractivity contribution in [1.29, 1.82) is 0 Å². The molecule has 0 bridgehead atoms. The van der Waals surface area contributed by atoms with Crippen molar-refractivity contribution < 1.29 is 14.3 Å². The SMILES string of the molecule is Cc1ccc2[nH]ncc2c1-c1cc2ncnc(N3CCC(C(=O)N[C@@H]4COC4=O)CC3)c2cc1Cl. The number of halogens is 1. The molecular formula is C25H23ClN6O3. The predicted octanol–water partition coefficient (Wildman–Crippen LogP) is 3.39. The van der Waals surface area contributed by atoms with Gasteiger partial charge in [0, 0.05) is 40.4 Å². The predicted molar refractivity (Wildman–Crippen MR) is 132 cm³/mol. The van der Waals surface area contributed by atoms with Gasteiger partial charge >= 0.3 is 5.97 Å². The zero-order valence-electron chi connectivity index (χ0n) is 19.0. The second-order valence-corrected chi connectivity index (χ2v) is 9.49. The summed E-state index contributed by atoms with van der Waals surface area (Å²) in [6.45, 7) is 3.66. The van der Waals surface area contributed by atoms with Gasteiger partial charge in [0.25, 0.3) is 0 Å². The van der Waals surface area contributed by atoms with Gasteiger partial charge in [0.1, 0.15) is 18.8 Å². The smallest absolute Gasteiger partial charge is 0.332 e. The first kappa shape index (κ1) is 21.8. The summed E-state index contributed by atoms with van der Waals surface area (Å²) in [7, 11) is 0. The van der Waals surface area contributed by atoms with Crippen LogP contribution in [0.5, 0.6) is 0 Å². The molecular weight excluding hydrogens is 468 g/mol. The summed E-state index contributed by atoms with van der Waals surface area (Å²) in [5, 5.41) is 12.5. The summed E-state index contributed by atoms with van der Waals surface area (Å²) in [5.41, 5.74) is 4.79. The summed E-state index contributed by atoms with van der Waals surface area (Å²) in [5.74, 6) is 0.221. The minimum absolute atomic E-state index is 0.0877. The zero-order chi connectivity index (χ0) is 24.1. The molecule has 2 saturated heterocycles. The number of fused-ring (bicyclic) bond motifs is 2. The number of hydrogen-bond donors (Lipinski definition) is 2. The number of amides is 1. The number of nitrogens with one attached hydrogen (secondary N) is 2. The van der Waals surface area contributed by atoms with Gasteiger partial charge in [-0.25, -0.2) is 14.8 Å². The fourth-order valence-electron chi connectivity index (χ4n) is 4.97. The second-order valence-electron chi connectivity index (χ2n) is 9.09. The van der Waals surface area contributed by atoms with E-state index in [1.807, 2.05) is 24.4 Å². The highest BCUT2D eigenvalue weighted by Crippen LogP contribution is 2.39. The van der Waals surface area contributed by atoms with Crippen molar-refractivity contribution in [3.63, 3.8) is 0 Å². The number of esters is 1. The Morgan fingerprint density at radius 1 is 1.20 bits per heavy atom. The Balaban J connectivity index is 1.28. The Morgan fingerprint density at radius 3 is 2.77 bits per heavy atom. The van der Waals surface area contributed by atoms with Gasteiger partial charge in [0.05, 0.1) is 17.2 Å². The van der Waals surface area contributed by atoms with Gasteiger partial charge in [0.2, 0.25) is 5.91 Å². The third-order valence-electron chi connectivity index (χ3n) is 6.96. The molecule has 2 aliphatic rings. The monoisotopic (exact) mass is 490 g/mol. The van der Waals surface area contributed by atoms with Crippen molar-refractivity contribution >= 4 is 51.1 Å². The first-order chi connectivity index (χ1) is 17.0. The number of aromatic amines is 1. The van der Waals surface area contributed by atoms with Crippen LogP contribution in [0, 0.1) is 12.8 Å². The van der Waals surface area contributed by atoms with Crippen molar-refractivity contribution in [2.45, 2.75) is 25.8 Å². The molecule has 2 aromatic heterocycles. The first-order valence-electron chi connectivity index (χ1n) is 11.6. The van der Waals surface area contributed by atoms with Gasteiger partial charge in [-0.1, -0.05) is 17.7 Å². The molecule has 9 nitrogen and oxygen atoms in total. The van der Waals surface area contributed by atoms with Crippen LogP contribution < -0.4 is 10.2 Å². The van der Waals surface area contributed by atoms with Crippen molar-refractivity contribution in [2.75, 3.05) is 24.6 Å². The molecule has 10 heteroatoms. The van der Waals surface area contributed by atoms with Crippen LogP contribution in [0.2, 0.25) is 5.02 Å². The van der Waals surface area contributed by atoms with E-state index in [0.717, 1.165) is 44.3 Å². The highest BCUT2D eigenvalue weighted by Gasteiger charge is 2.35. The number of cyclic esters (lactones) is 1. The highest BCUT2D eigenvalue weighted by atomic mass is 35.5. The van der Waals surface area contributed by atoms with E-state index in [2.05, 4.69) is 43.4 Å². The molecule has 0 saturated carbocycles. The number of aryl methyl sites for hydroxylation is 1. The van der Waals surface area contributed by atoms with Gasteiger partial charge in [-0.15, -0.1) is 0 Å². The number of aromatic nitrogens is 4. The largest absolute Gasteiger partial charge is 0.461 e. The lowest BCUT2D eigenvalue weighted by Crippen LogP contribution is -2.55. The van der Waals surface area contributed by atoms with Crippen LogP contribution in [0.15, 0.2) is 36.8 Å². The molecule has 0 radical (unpaired) electrons. The molecule has 2 N–H and O–H groups in total. The van der Waals surface area contributed by atoms with E-state index in [4.69, 9.17) is 16.3 Å². The lowest BCUT2D eigenvalue weighted by Gasteiger charge is -2.34. The van der Waals surface area contributed by atoms with E-state index in [-0.39, 0.29) is 24.4 Å². The van der Waals surface area contributed by atoms with Crippen LogP contribution in [-0.4, -0.2) is 57.8 Å². The molecule has 0 aliphatic carbocycles. The van der Waals surface area contributed by atoms with Crippen LogP contribution in [0.4, 0.5) is 5.82 Å². The lowest BCUT2D eigenvalue weighted by molar-refractivity contribution is -0.165. The molecule has 4 heterocycles. The van der Waals surface area contributed by atoms with E-state index >= 15 is 0 Å². The number of nitrogens with zero attached hydrogens (tertiary/aromatic N) is 4. The van der Waals surface area contributed by atoms with Gasteiger partial charge < -0.3 is 15.0 Å². The average molecular weight is 491 g/mol. The van der Waals surface area contributed by atoms with Gasteiger partial charge in [-0.2, -0.15) is 5.10 Å². The lowest BCUT2D eigenvalue weighted by atomic mass is 9.94. The molecule has 1 amide bonds. The van der Waals surface area contributed by atoms with Crippen LogP contribution in [0.1, 0.15) is 18.4 Å². The quantitative estimate of drug-likeness (QED) is 0.421. The van der Waals surface area contributed by atoms with E-state index < -0.39 is 6.04 Å². The molecule has 0 spiro atoms. The maximum atomic E-state index is 12.5. The minimum Gasteiger partial charge on any atom is -0.461 e. The van der Waals surface area contributed by atoms with E-state index in [0.29, 0.717) is 31.0 Å². The minimum atomic E-state index is -0.501. The highest BCUT2D eigenvalue weighted by molar-refractivity contribution is 6.35. The third kappa shape index (κ3) is 3.76. The van der Waals surface area contributed by atoms with Gasteiger partial charge in [-0.3, -0.25) is 9.89 Å². The number of hydrogen-bond acceptors (Lipinski definition) is 7. The molecule has 6 rings (SSSR count). The topological polar surface area (TPSA) is 113 Å². The average Bonchev–Trinajstić information content (AvgIpc) is 3.35. The van der Waals surface area contributed by atoms with E-state index in [9.17, 15) is 9.59 Å². The maximum Gasteiger partial charge on any atom is 0.332 e. The van der Waals surface area contributed by atoms with Crippen molar-refractivity contribution in [3.8, 4) is 11.1 Å². The van der Waals surface area contributed by atoms with Crippen molar-refractivity contribution in [3.05, 3.63) is 47.4 Å². The van der Waals surface area contributed by atoms with Gasteiger partial charge in [-0.05, 0) is 49.1 Å². The number of benzene rings is 2. The number of anilines is 1. The van der Waals surface area contributed by atoms with Crippen LogP contribution in [0.3, 0.4) is 0 Å². The molecule has 2 fully saturated rings. The molecule has 178 valence electrons. The van der Waals surface area contributed by atoms with Gasteiger partial charge in [0.15, 0.2) is 6.04 Å². The Kier molecular flexibility index (Phi) is 5.29. The van der Waals surface area contributed by atoms with Crippen LogP contribution >= 0.6 is 11.6 Å². The Morgan fingerprint density at radius 2 is 2.03 bits per heavy atom. The standard InChI is InChI=1S/C25H23ClN6O3/c1-13-2-3-19-17(10-29-31-19)22(13)15-9-20-16(8-18(15)26)23(28-12-27-20)32-6-4-14(5-7-32)24(33)30-21-11-35-25(21)34/h2-3,8-10,12,14,21H,4-7,11H2,1H3,(H,29,31)(H,30,33)/t21-/m1/s1. The summed E-state index contributed by atoms with van der Waals surface area (Å²) < 4.78 is 4.73. The fraction of sp³-hybridized carbons (Fsp3) is 0.320. The zero-order valence-corrected chi connectivity index (χ0v) is 19.8. The molecule has 35 heavy (non-hydrogen) atoms. The van der Waals surface area contributed by atoms with Crippen LogP contribution in [0.25, 0.3) is 32.9 Å². The summed E-state index contributed by atoms with van der Waals surface area (Å²) in [6.07, 6.45) is 4.73. The Labute approximate surface area is 205 Å². The summed E-state index contributed by atoms with van der Waals surface area (Å²) in [4.78, 5) is 35.1. The number of carbonyl (C=O) groups is 2. The Bertz CT molecular complexity index is 1480. The first-order valence-corrected chi connectivity index (χ1v) is 12.0. The number of H-pyrrole nitrogens is 1. The van der Waals surface area contributed by atoms with Crippen molar-refractivity contribution in [1.82, 2.24) is 25.5 Å². The molecule has 2 aromatic carbocycles. The summed E-state index contributed by atoms with van der Waals surface area (Å²) in [6, 6.07) is 7.50. The second kappa shape index (κ2) is 8.49. The number of ether oxygens (including phenoxy) is 1. The molecule has 4 aromatic rings. The number of rotatable bonds is 4. The van der Waals surface area contributed by atoms with E-state index in [1.165, 1.54) is 0 Å². The normalized spacial score (nSPS) is 18.5. The molecule has 0 unspecified atom stereocenters. The maximum absolute atomic E-state index is 12.5. The Hall–Kier alpha value is -3.72. The van der Waals surface area contributed by atoms with Crippen LogP contribution in [-0.2, 0) is 14.3 Å². The molecule has 2 aliphatic heterocycles. The van der Waals surface area contributed by atoms with Crippen molar-refractivity contribution in [2.24, 2.45) is 5.92 Å². The van der Waals surface area contributed by atoms with E-state index in [1.54, 1.807) is 6.33 Å². The fourth-order valence-corrected chi connectivity index (χ4v) is 5.23. The third-order valence-corrected chi connectivity index (χ3v) is 7.28. The summed E-state index contributed by atoms with van der Waals surface area (Å²) >= 11 is 6.84. The number of piperidine rings is 1. The number of carbonyl (C=O) groups excluding carboxylic acids is 2.